The van der Waals surface area contributed by atoms with E-state index in [9.17, 15) is 23.3 Å². The van der Waals surface area contributed by atoms with Crippen LogP contribution >= 0.6 is 0 Å². The summed E-state index contributed by atoms with van der Waals surface area (Å²) in [6, 6.07) is 4.50. The molecular formula is C10H11NO6S. The Morgan fingerprint density at radius 3 is 2.28 bits per heavy atom. The van der Waals surface area contributed by atoms with E-state index in [0.717, 1.165) is 24.3 Å². The molecule has 1 rings (SSSR count). The fourth-order valence-electron chi connectivity index (χ4n) is 1.31. The van der Waals surface area contributed by atoms with Gasteiger partial charge in [0, 0.05) is 18.6 Å². The maximum atomic E-state index is 11.7. The summed E-state index contributed by atoms with van der Waals surface area (Å²) in [7, 11) is -3.58. The summed E-state index contributed by atoms with van der Waals surface area (Å²) in [5, 5.41) is 18.8. The SMILES string of the molecule is O=C(O)CCCS(=O)(=O)c1ccc([N+](=O)[O-])cc1. The van der Waals surface area contributed by atoms with Gasteiger partial charge in [-0.3, -0.25) is 14.9 Å². The highest BCUT2D eigenvalue weighted by Gasteiger charge is 2.16. The molecule has 0 amide bonds. The fourth-order valence-corrected chi connectivity index (χ4v) is 2.62. The molecule has 1 N–H and O–H groups in total. The second kappa shape index (κ2) is 5.58. The summed E-state index contributed by atoms with van der Waals surface area (Å²) >= 11 is 0. The molecule has 0 radical (unpaired) electrons. The molecule has 0 fully saturated rings. The molecule has 1 aromatic carbocycles. The van der Waals surface area contributed by atoms with E-state index in [-0.39, 0.29) is 29.2 Å². The third kappa shape index (κ3) is 3.81. The zero-order valence-electron chi connectivity index (χ0n) is 9.27. The van der Waals surface area contributed by atoms with Gasteiger partial charge in [0.15, 0.2) is 9.84 Å². The number of sulfone groups is 1. The number of nitrogens with zero attached hydrogens (tertiary/aromatic N) is 1. The first-order valence-electron chi connectivity index (χ1n) is 5.02. The minimum Gasteiger partial charge on any atom is -0.481 e. The van der Waals surface area contributed by atoms with Crippen molar-refractivity contribution in [3.63, 3.8) is 0 Å². The number of benzene rings is 1. The summed E-state index contributed by atoms with van der Waals surface area (Å²) in [5.74, 6) is -1.36. The highest BCUT2D eigenvalue weighted by atomic mass is 32.2. The third-order valence-electron chi connectivity index (χ3n) is 2.21. The molecule has 0 saturated carbocycles. The van der Waals surface area contributed by atoms with Gasteiger partial charge in [0.2, 0.25) is 0 Å². The monoisotopic (exact) mass is 273 g/mol. The van der Waals surface area contributed by atoms with Crippen LogP contribution in [0.1, 0.15) is 12.8 Å². The maximum Gasteiger partial charge on any atom is 0.303 e. The Morgan fingerprint density at radius 2 is 1.83 bits per heavy atom. The molecule has 7 nitrogen and oxygen atoms in total. The van der Waals surface area contributed by atoms with Crippen LogP contribution in [0.5, 0.6) is 0 Å². The molecule has 8 heteroatoms. The summed E-state index contributed by atoms with van der Waals surface area (Å²) in [4.78, 5) is 20.0. The van der Waals surface area contributed by atoms with Crippen molar-refractivity contribution in [3.8, 4) is 0 Å². The minimum absolute atomic E-state index is 0.00859. The van der Waals surface area contributed by atoms with Gasteiger partial charge in [0.1, 0.15) is 0 Å². The van der Waals surface area contributed by atoms with Gasteiger partial charge in [0.25, 0.3) is 5.69 Å². The molecule has 0 atom stereocenters. The van der Waals surface area contributed by atoms with Crippen LogP contribution in [-0.2, 0) is 14.6 Å². The molecular weight excluding hydrogens is 262 g/mol. The molecule has 0 aromatic heterocycles. The second-order valence-corrected chi connectivity index (χ2v) is 5.68. The third-order valence-corrected chi connectivity index (χ3v) is 4.03. The Bertz CT molecular complexity index is 548. The number of nitro groups is 1. The topological polar surface area (TPSA) is 115 Å². The van der Waals surface area contributed by atoms with Crippen LogP contribution in [0.4, 0.5) is 5.69 Å². The number of hydrogen-bond acceptors (Lipinski definition) is 5. The molecule has 1 aromatic rings. The van der Waals surface area contributed by atoms with Crippen LogP contribution in [0.3, 0.4) is 0 Å². The summed E-state index contributed by atoms with van der Waals surface area (Å²) < 4.78 is 23.5. The lowest BCUT2D eigenvalue weighted by Crippen LogP contribution is -2.08. The van der Waals surface area contributed by atoms with Crippen molar-refractivity contribution in [2.75, 3.05) is 5.75 Å². The van der Waals surface area contributed by atoms with Crippen molar-refractivity contribution in [2.24, 2.45) is 0 Å². The van der Waals surface area contributed by atoms with Gasteiger partial charge in [-0.2, -0.15) is 0 Å². The number of carboxylic acids is 1. The number of nitro benzene ring substituents is 1. The van der Waals surface area contributed by atoms with Gasteiger partial charge in [-0.15, -0.1) is 0 Å². The highest BCUT2D eigenvalue weighted by molar-refractivity contribution is 7.91. The molecule has 98 valence electrons. The molecule has 0 spiro atoms. The molecule has 0 aliphatic heterocycles. The zero-order chi connectivity index (χ0) is 13.8. The lowest BCUT2D eigenvalue weighted by Gasteiger charge is -2.02. The van der Waals surface area contributed by atoms with E-state index in [0.29, 0.717) is 0 Å². The van der Waals surface area contributed by atoms with E-state index in [1.165, 1.54) is 0 Å². The molecule has 0 unspecified atom stereocenters. The molecule has 0 aliphatic carbocycles. The largest absolute Gasteiger partial charge is 0.481 e. The maximum absolute atomic E-state index is 11.7. The van der Waals surface area contributed by atoms with E-state index < -0.39 is 20.7 Å². The number of carboxylic acid groups (broad SMARTS) is 1. The molecule has 0 aliphatic rings. The van der Waals surface area contributed by atoms with Crippen molar-refractivity contribution >= 4 is 21.5 Å². The molecule has 0 saturated heterocycles. The summed E-state index contributed by atoms with van der Waals surface area (Å²) in [6.45, 7) is 0. The quantitative estimate of drug-likeness (QED) is 0.615. The van der Waals surface area contributed by atoms with E-state index >= 15 is 0 Å². The smallest absolute Gasteiger partial charge is 0.303 e. The minimum atomic E-state index is -3.58. The van der Waals surface area contributed by atoms with Gasteiger partial charge in [-0.05, 0) is 18.6 Å². The first-order valence-corrected chi connectivity index (χ1v) is 6.67. The van der Waals surface area contributed by atoms with Crippen LogP contribution in [0.25, 0.3) is 0 Å². The van der Waals surface area contributed by atoms with E-state index in [2.05, 4.69) is 0 Å². The zero-order valence-corrected chi connectivity index (χ0v) is 10.1. The van der Waals surface area contributed by atoms with Gasteiger partial charge in [-0.25, -0.2) is 8.42 Å². The molecule has 0 heterocycles. The summed E-state index contributed by atoms with van der Waals surface area (Å²) in [5.41, 5.74) is -0.195. The van der Waals surface area contributed by atoms with Crippen LogP contribution in [0, 0.1) is 10.1 Å². The van der Waals surface area contributed by atoms with Gasteiger partial charge >= 0.3 is 5.97 Å². The van der Waals surface area contributed by atoms with E-state index in [1.807, 2.05) is 0 Å². The van der Waals surface area contributed by atoms with Crippen LogP contribution in [0.15, 0.2) is 29.2 Å². The highest BCUT2D eigenvalue weighted by Crippen LogP contribution is 2.17. The average Bonchev–Trinajstić information content (AvgIpc) is 2.28. The molecule has 0 bridgehead atoms. The Hall–Kier alpha value is -1.96. The van der Waals surface area contributed by atoms with E-state index in [1.54, 1.807) is 0 Å². The Kier molecular flexibility index (Phi) is 4.38. The van der Waals surface area contributed by atoms with Gasteiger partial charge in [-0.1, -0.05) is 0 Å². The number of rotatable bonds is 6. The Balaban J connectivity index is 2.79. The second-order valence-electron chi connectivity index (χ2n) is 3.57. The Labute approximate surface area is 103 Å². The number of aliphatic carboxylic acids is 1. The first kappa shape index (κ1) is 14.1. The average molecular weight is 273 g/mol. The van der Waals surface area contributed by atoms with Crippen molar-refractivity contribution < 1.29 is 23.2 Å². The predicted octanol–water partition coefficient (Wildman–Crippen LogP) is 1.23. The van der Waals surface area contributed by atoms with Crippen molar-refractivity contribution in [1.29, 1.82) is 0 Å². The van der Waals surface area contributed by atoms with Crippen molar-refractivity contribution in [3.05, 3.63) is 34.4 Å². The van der Waals surface area contributed by atoms with Crippen molar-refractivity contribution in [2.45, 2.75) is 17.7 Å². The number of carbonyl (C=O) groups is 1. The van der Waals surface area contributed by atoms with Crippen LogP contribution in [-0.4, -0.2) is 30.2 Å². The standard InChI is InChI=1S/C10H11NO6S/c12-10(13)2-1-7-18(16,17)9-5-3-8(4-6-9)11(14)15/h3-6H,1-2,7H2,(H,12,13). The lowest BCUT2D eigenvalue weighted by molar-refractivity contribution is -0.384. The number of hydrogen-bond donors (Lipinski definition) is 1. The molecule has 18 heavy (non-hydrogen) atoms. The van der Waals surface area contributed by atoms with E-state index in [4.69, 9.17) is 5.11 Å². The lowest BCUT2D eigenvalue weighted by atomic mass is 10.3. The van der Waals surface area contributed by atoms with Gasteiger partial charge < -0.3 is 5.11 Å². The first-order chi connectivity index (χ1) is 8.33. The normalized spacial score (nSPS) is 11.1. The predicted molar refractivity (Wildman–Crippen MR) is 62.0 cm³/mol. The van der Waals surface area contributed by atoms with Crippen LogP contribution in [0.2, 0.25) is 0 Å². The fraction of sp³-hybridized carbons (Fsp3) is 0.300. The van der Waals surface area contributed by atoms with Crippen LogP contribution < -0.4 is 0 Å². The number of non-ortho nitro benzene ring substituents is 1. The Morgan fingerprint density at radius 1 is 1.28 bits per heavy atom. The van der Waals surface area contributed by atoms with Gasteiger partial charge in [0.05, 0.1) is 15.6 Å². The summed E-state index contributed by atoms with van der Waals surface area (Å²) in [6.07, 6.45) is -0.221. The van der Waals surface area contributed by atoms with Crippen molar-refractivity contribution in [1.82, 2.24) is 0 Å².